The van der Waals surface area contributed by atoms with Crippen LogP contribution in [0.1, 0.15) is 58.7 Å². The second-order valence-electron chi connectivity index (χ2n) is 7.36. The first-order valence-corrected chi connectivity index (χ1v) is 9.57. The second-order valence-corrected chi connectivity index (χ2v) is 7.79. The molecule has 0 aromatic carbocycles. The second kappa shape index (κ2) is 8.11. The van der Waals surface area contributed by atoms with Crippen molar-refractivity contribution in [3.05, 3.63) is 45.5 Å². The summed E-state index contributed by atoms with van der Waals surface area (Å²) in [6.45, 7) is 3.36. The molecule has 1 aliphatic rings. The van der Waals surface area contributed by atoms with Gasteiger partial charge in [0, 0.05) is 23.5 Å². The van der Waals surface area contributed by atoms with Crippen molar-refractivity contribution < 1.29 is 18.0 Å². The van der Waals surface area contributed by atoms with Gasteiger partial charge in [0.2, 0.25) is 0 Å². The summed E-state index contributed by atoms with van der Waals surface area (Å²) in [6.07, 6.45) is 0.331. The molecule has 5 nitrogen and oxygen atoms in total. The van der Waals surface area contributed by atoms with E-state index in [4.69, 9.17) is 11.6 Å². The monoisotopic (exact) mass is 414 g/mol. The van der Waals surface area contributed by atoms with Gasteiger partial charge in [0.25, 0.3) is 5.91 Å². The zero-order valence-corrected chi connectivity index (χ0v) is 16.4. The maximum absolute atomic E-state index is 13.1. The Hall–Kier alpha value is -2.09. The van der Waals surface area contributed by atoms with E-state index in [0.29, 0.717) is 28.4 Å². The molecule has 2 aromatic rings. The van der Waals surface area contributed by atoms with Gasteiger partial charge in [-0.25, -0.2) is 0 Å². The molecule has 0 bridgehead atoms. The molecule has 28 heavy (non-hydrogen) atoms. The molecular weight excluding hydrogens is 393 g/mol. The average Bonchev–Trinajstić information content (AvgIpc) is 2.99. The Bertz CT molecular complexity index is 857. The molecule has 2 aromatic heterocycles. The van der Waals surface area contributed by atoms with Crippen molar-refractivity contribution >= 4 is 17.5 Å². The number of hydrogen-bond acceptors (Lipinski definition) is 3. The van der Waals surface area contributed by atoms with Gasteiger partial charge in [-0.3, -0.25) is 14.9 Å². The standard InChI is InChI=1S/C19H22ClF3N4O/c1-10-16(8-13(20)9-24-10)18(28)25-14-5-3-12(4-6-14)7-15-11(2)26-27-17(15)19(21,22)23/h8-9,12,14H,3-7H2,1-2H3,(H,25,28)(H,26,27). The summed E-state index contributed by atoms with van der Waals surface area (Å²) in [7, 11) is 0. The van der Waals surface area contributed by atoms with Crippen LogP contribution < -0.4 is 5.32 Å². The molecule has 1 aliphatic carbocycles. The highest BCUT2D eigenvalue weighted by atomic mass is 35.5. The predicted molar refractivity (Wildman–Crippen MR) is 99.2 cm³/mol. The topological polar surface area (TPSA) is 70.7 Å². The lowest BCUT2D eigenvalue weighted by Gasteiger charge is -2.29. The van der Waals surface area contributed by atoms with Gasteiger partial charge in [0.1, 0.15) is 0 Å². The number of aromatic amines is 1. The van der Waals surface area contributed by atoms with E-state index in [9.17, 15) is 18.0 Å². The van der Waals surface area contributed by atoms with Crippen molar-refractivity contribution in [1.82, 2.24) is 20.5 Å². The fourth-order valence-corrected chi connectivity index (χ4v) is 3.89. The third kappa shape index (κ3) is 4.66. The summed E-state index contributed by atoms with van der Waals surface area (Å²) in [5, 5.41) is 9.28. The highest BCUT2D eigenvalue weighted by Crippen LogP contribution is 2.35. The SMILES string of the molecule is Cc1ncc(Cl)cc1C(=O)NC1CCC(Cc2c(C(F)(F)F)n[nH]c2C)CC1. The molecule has 0 atom stereocenters. The third-order valence-corrected chi connectivity index (χ3v) is 5.52. The van der Waals surface area contributed by atoms with Crippen LogP contribution in [0.5, 0.6) is 0 Å². The fourth-order valence-electron chi connectivity index (χ4n) is 3.74. The van der Waals surface area contributed by atoms with Crippen molar-refractivity contribution in [3.8, 4) is 0 Å². The van der Waals surface area contributed by atoms with E-state index in [1.807, 2.05) is 0 Å². The van der Waals surface area contributed by atoms with E-state index < -0.39 is 11.9 Å². The smallest absolute Gasteiger partial charge is 0.349 e. The quantitative estimate of drug-likeness (QED) is 0.766. The molecule has 0 unspecified atom stereocenters. The summed E-state index contributed by atoms with van der Waals surface area (Å²) in [5.41, 5.74) is 0.945. The minimum absolute atomic E-state index is 0.00494. The van der Waals surface area contributed by atoms with Crippen molar-refractivity contribution in [2.75, 3.05) is 0 Å². The van der Waals surface area contributed by atoms with Crippen molar-refractivity contribution in [2.24, 2.45) is 5.92 Å². The lowest BCUT2D eigenvalue weighted by molar-refractivity contribution is -0.141. The summed E-state index contributed by atoms with van der Waals surface area (Å²) >= 11 is 5.92. The van der Waals surface area contributed by atoms with Gasteiger partial charge in [-0.2, -0.15) is 18.3 Å². The summed E-state index contributed by atoms with van der Waals surface area (Å²) in [6, 6.07) is 1.58. The number of rotatable bonds is 4. The maximum atomic E-state index is 13.1. The van der Waals surface area contributed by atoms with E-state index in [1.165, 1.54) is 6.20 Å². The summed E-state index contributed by atoms with van der Waals surface area (Å²) in [4.78, 5) is 16.6. The van der Waals surface area contributed by atoms with Gasteiger partial charge in [0.05, 0.1) is 16.3 Å². The van der Waals surface area contributed by atoms with Crippen molar-refractivity contribution in [3.63, 3.8) is 0 Å². The number of aromatic nitrogens is 3. The first-order chi connectivity index (χ1) is 13.1. The maximum Gasteiger partial charge on any atom is 0.435 e. The molecule has 1 saturated carbocycles. The Balaban J connectivity index is 1.58. The Kier molecular flexibility index (Phi) is 5.98. The van der Waals surface area contributed by atoms with Crippen molar-refractivity contribution in [1.29, 1.82) is 0 Å². The first-order valence-electron chi connectivity index (χ1n) is 9.19. The number of pyridine rings is 1. The van der Waals surface area contributed by atoms with Crippen LogP contribution >= 0.6 is 11.6 Å². The van der Waals surface area contributed by atoms with Gasteiger partial charge >= 0.3 is 6.18 Å². The number of hydrogen-bond donors (Lipinski definition) is 2. The number of carbonyl (C=O) groups excluding carboxylic acids is 1. The van der Waals surface area contributed by atoms with Crippen LogP contribution in [-0.4, -0.2) is 27.1 Å². The fraction of sp³-hybridized carbons (Fsp3) is 0.526. The Morgan fingerprint density at radius 3 is 2.61 bits per heavy atom. The van der Waals surface area contributed by atoms with Gasteiger partial charge in [-0.1, -0.05) is 11.6 Å². The summed E-state index contributed by atoms with van der Waals surface area (Å²) < 4.78 is 39.3. The van der Waals surface area contributed by atoms with Crippen LogP contribution in [0.3, 0.4) is 0 Å². The van der Waals surface area contributed by atoms with E-state index >= 15 is 0 Å². The van der Waals surface area contributed by atoms with Gasteiger partial charge in [0.15, 0.2) is 5.69 Å². The number of amides is 1. The molecule has 0 radical (unpaired) electrons. The third-order valence-electron chi connectivity index (χ3n) is 5.32. The first kappa shape index (κ1) is 20.6. The molecule has 0 saturated heterocycles. The average molecular weight is 415 g/mol. The van der Waals surface area contributed by atoms with Crippen molar-refractivity contribution in [2.45, 2.75) is 58.2 Å². The number of H-pyrrole nitrogens is 1. The highest BCUT2D eigenvalue weighted by molar-refractivity contribution is 6.30. The molecular formula is C19H22ClF3N4O. The molecule has 0 spiro atoms. The molecule has 152 valence electrons. The molecule has 3 rings (SSSR count). The number of nitrogens with one attached hydrogen (secondary N) is 2. The van der Waals surface area contributed by atoms with Gasteiger partial charge in [-0.05, 0) is 57.9 Å². The molecule has 1 fully saturated rings. The van der Waals surface area contributed by atoms with E-state index in [-0.39, 0.29) is 23.4 Å². The van der Waals surface area contributed by atoms with Gasteiger partial charge in [-0.15, -0.1) is 0 Å². The Labute approximate surface area is 166 Å². The highest BCUT2D eigenvalue weighted by Gasteiger charge is 2.38. The number of nitrogens with zero attached hydrogens (tertiary/aromatic N) is 2. The van der Waals surface area contributed by atoms with Crippen LogP contribution in [0, 0.1) is 19.8 Å². The van der Waals surface area contributed by atoms with E-state index in [0.717, 1.165) is 25.7 Å². The normalized spacial score (nSPS) is 20.2. The lowest BCUT2D eigenvalue weighted by atomic mass is 9.82. The van der Waals surface area contributed by atoms with Crippen LogP contribution in [-0.2, 0) is 12.6 Å². The van der Waals surface area contributed by atoms with E-state index in [1.54, 1.807) is 19.9 Å². The Morgan fingerprint density at radius 2 is 1.96 bits per heavy atom. The van der Waals surface area contributed by atoms with Crippen LogP contribution in [0.25, 0.3) is 0 Å². The molecule has 0 aliphatic heterocycles. The predicted octanol–water partition coefficient (Wildman–Crippen LogP) is 4.63. The van der Waals surface area contributed by atoms with Crippen LogP contribution in [0.15, 0.2) is 12.3 Å². The van der Waals surface area contributed by atoms with Crippen LogP contribution in [0.2, 0.25) is 5.02 Å². The molecule has 1 amide bonds. The number of alkyl halides is 3. The largest absolute Gasteiger partial charge is 0.435 e. The zero-order valence-electron chi connectivity index (χ0n) is 15.7. The summed E-state index contributed by atoms with van der Waals surface area (Å²) in [5.74, 6) is -0.0823. The lowest BCUT2D eigenvalue weighted by Crippen LogP contribution is -2.38. The number of aryl methyl sites for hydroxylation is 2. The zero-order chi connectivity index (χ0) is 20.5. The van der Waals surface area contributed by atoms with Gasteiger partial charge < -0.3 is 5.32 Å². The minimum atomic E-state index is -4.45. The Morgan fingerprint density at radius 1 is 1.29 bits per heavy atom. The molecule has 2 heterocycles. The molecule has 2 N–H and O–H groups in total. The van der Waals surface area contributed by atoms with E-state index in [2.05, 4.69) is 20.5 Å². The number of carbonyl (C=O) groups is 1. The number of halogens is 4. The van der Waals surface area contributed by atoms with Crippen LogP contribution in [0.4, 0.5) is 13.2 Å². The minimum Gasteiger partial charge on any atom is -0.349 e. The molecule has 9 heteroatoms.